The van der Waals surface area contributed by atoms with Crippen molar-refractivity contribution >= 4 is 11.6 Å². The fourth-order valence-electron chi connectivity index (χ4n) is 3.30. The SMILES string of the molecule is CC1CCCC(=O)[C@]2(C)C(=O)CCC12. The van der Waals surface area contributed by atoms with Crippen LogP contribution in [-0.4, -0.2) is 11.6 Å². The lowest BCUT2D eigenvalue weighted by atomic mass is 9.71. The highest BCUT2D eigenvalue weighted by atomic mass is 16.2. The van der Waals surface area contributed by atoms with Gasteiger partial charge in [-0.2, -0.15) is 0 Å². The van der Waals surface area contributed by atoms with E-state index in [2.05, 4.69) is 6.92 Å². The van der Waals surface area contributed by atoms with Crippen LogP contribution in [0.4, 0.5) is 0 Å². The highest BCUT2D eigenvalue weighted by Crippen LogP contribution is 2.48. The Bertz CT molecular complexity index is 282. The summed E-state index contributed by atoms with van der Waals surface area (Å²) in [7, 11) is 0. The van der Waals surface area contributed by atoms with Crippen molar-refractivity contribution in [3.63, 3.8) is 0 Å². The maximum atomic E-state index is 12.0. The summed E-state index contributed by atoms with van der Waals surface area (Å²) in [6.07, 6.45) is 4.25. The first-order valence-corrected chi connectivity index (χ1v) is 5.63. The summed E-state index contributed by atoms with van der Waals surface area (Å²) < 4.78 is 0. The van der Waals surface area contributed by atoms with Crippen LogP contribution in [-0.2, 0) is 9.59 Å². The van der Waals surface area contributed by atoms with Gasteiger partial charge >= 0.3 is 0 Å². The maximum absolute atomic E-state index is 12.0. The van der Waals surface area contributed by atoms with E-state index >= 15 is 0 Å². The van der Waals surface area contributed by atoms with E-state index in [1.54, 1.807) is 0 Å². The highest BCUT2D eigenvalue weighted by molar-refractivity contribution is 6.08. The zero-order chi connectivity index (χ0) is 10.3. The Morgan fingerprint density at radius 3 is 2.50 bits per heavy atom. The number of carbonyl (C=O) groups is 2. The van der Waals surface area contributed by atoms with Crippen LogP contribution in [0.25, 0.3) is 0 Å². The summed E-state index contributed by atoms with van der Waals surface area (Å²) in [6.45, 7) is 4.08. The first-order valence-electron chi connectivity index (χ1n) is 5.63. The van der Waals surface area contributed by atoms with Crippen molar-refractivity contribution in [3.05, 3.63) is 0 Å². The van der Waals surface area contributed by atoms with Gasteiger partial charge in [0, 0.05) is 12.8 Å². The van der Waals surface area contributed by atoms with Crippen molar-refractivity contribution < 1.29 is 9.59 Å². The predicted molar refractivity (Wildman–Crippen MR) is 53.9 cm³/mol. The molecule has 2 aliphatic rings. The zero-order valence-electron chi connectivity index (χ0n) is 9.01. The third-order valence-electron chi connectivity index (χ3n) is 4.33. The van der Waals surface area contributed by atoms with E-state index in [1.807, 2.05) is 6.92 Å². The minimum absolute atomic E-state index is 0.196. The standard InChI is InChI=1S/C12H18O2/c1-8-4-3-5-10(13)12(2)9(8)6-7-11(12)14/h8-9H,3-7H2,1-2H3/t8?,9?,12-/m1/s1. The third kappa shape index (κ3) is 1.16. The first kappa shape index (κ1) is 9.88. The molecule has 0 saturated heterocycles. The molecule has 0 aromatic heterocycles. The van der Waals surface area contributed by atoms with E-state index in [0.29, 0.717) is 24.7 Å². The van der Waals surface area contributed by atoms with Gasteiger partial charge in [0.1, 0.15) is 11.6 Å². The molecule has 2 aliphatic carbocycles. The smallest absolute Gasteiger partial charge is 0.146 e. The molecule has 0 spiro atoms. The van der Waals surface area contributed by atoms with E-state index in [0.717, 1.165) is 19.3 Å². The lowest BCUT2D eigenvalue weighted by Crippen LogP contribution is -2.38. The number of Topliss-reactive ketones (excluding diaryl/α,β-unsaturated/α-hetero) is 2. The molecule has 3 atom stereocenters. The van der Waals surface area contributed by atoms with Crippen molar-refractivity contribution in [2.24, 2.45) is 17.3 Å². The quantitative estimate of drug-likeness (QED) is 0.555. The van der Waals surface area contributed by atoms with Gasteiger partial charge in [-0.05, 0) is 38.0 Å². The average Bonchev–Trinajstić information content (AvgIpc) is 2.39. The minimum Gasteiger partial charge on any atom is -0.299 e. The molecule has 78 valence electrons. The van der Waals surface area contributed by atoms with Gasteiger partial charge in [-0.1, -0.05) is 6.92 Å². The molecule has 2 fully saturated rings. The molecule has 0 N–H and O–H groups in total. The van der Waals surface area contributed by atoms with Crippen molar-refractivity contribution in [1.82, 2.24) is 0 Å². The molecule has 0 heterocycles. The van der Waals surface area contributed by atoms with Gasteiger partial charge in [0.15, 0.2) is 0 Å². The van der Waals surface area contributed by atoms with Crippen LogP contribution in [0.3, 0.4) is 0 Å². The minimum atomic E-state index is -0.615. The predicted octanol–water partition coefficient (Wildman–Crippen LogP) is 2.36. The van der Waals surface area contributed by atoms with Crippen LogP contribution in [0.1, 0.15) is 46.0 Å². The number of rotatable bonds is 0. The highest BCUT2D eigenvalue weighted by Gasteiger charge is 2.53. The summed E-state index contributed by atoms with van der Waals surface area (Å²) in [5, 5.41) is 0. The molecular formula is C12H18O2. The molecule has 2 rings (SSSR count). The van der Waals surface area contributed by atoms with Crippen molar-refractivity contribution in [3.8, 4) is 0 Å². The second-order valence-corrected chi connectivity index (χ2v) is 5.06. The average molecular weight is 194 g/mol. The molecule has 0 radical (unpaired) electrons. The Morgan fingerprint density at radius 2 is 1.79 bits per heavy atom. The third-order valence-corrected chi connectivity index (χ3v) is 4.33. The molecule has 0 aliphatic heterocycles. The first-order chi connectivity index (χ1) is 6.56. The summed E-state index contributed by atoms with van der Waals surface area (Å²) in [5.41, 5.74) is -0.615. The molecule has 0 aromatic carbocycles. The van der Waals surface area contributed by atoms with Crippen LogP contribution in [0.15, 0.2) is 0 Å². The zero-order valence-corrected chi connectivity index (χ0v) is 9.01. The number of fused-ring (bicyclic) bond motifs is 1. The van der Waals surface area contributed by atoms with E-state index in [1.165, 1.54) is 0 Å². The lowest BCUT2D eigenvalue weighted by molar-refractivity contribution is -0.139. The molecule has 0 aromatic rings. The van der Waals surface area contributed by atoms with Gasteiger partial charge in [0.25, 0.3) is 0 Å². The van der Waals surface area contributed by atoms with Crippen LogP contribution in [0.2, 0.25) is 0 Å². The van der Waals surface area contributed by atoms with Gasteiger partial charge < -0.3 is 0 Å². The number of hydrogen-bond donors (Lipinski definition) is 0. The molecule has 2 unspecified atom stereocenters. The lowest BCUT2D eigenvalue weighted by Gasteiger charge is -2.29. The van der Waals surface area contributed by atoms with Crippen molar-refractivity contribution in [1.29, 1.82) is 0 Å². The fourth-order valence-corrected chi connectivity index (χ4v) is 3.30. The molecule has 0 amide bonds. The van der Waals surface area contributed by atoms with Gasteiger partial charge in [0.05, 0.1) is 5.41 Å². The normalized spacial score (nSPS) is 43.6. The Kier molecular flexibility index (Phi) is 2.24. The molecule has 2 heteroatoms. The van der Waals surface area contributed by atoms with E-state index in [-0.39, 0.29) is 11.6 Å². The van der Waals surface area contributed by atoms with Crippen LogP contribution < -0.4 is 0 Å². The van der Waals surface area contributed by atoms with E-state index in [9.17, 15) is 9.59 Å². The summed E-state index contributed by atoms with van der Waals surface area (Å²) in [6, 6.07) is 0. The largest absolute Gasteiger partial charge is 0.299 e. The Hall–Kier alpha value is -0.660. The van der Waals surface area contributed by atoms with Gasteiger partial charge in [-0.15, -0.1) is 0 Å². The molecule has 14 heavy (non-hydrogen) atoms. The monoisotopic (exact) mass is 194 g/mol. The molecule has 2 nitrogen and oxygen atoms in total. The Morgan fingerprint density at radius 1 is 1.14 bits per heavy atom. The van der Waals surface area contributed by atoms with E-state index < -0.39 is 5.41 Å². The van der Waals surface area contributed by atoms with Gasteiger partial charge in [0.2, 0.25) is 0 Å². The van der Waals surface area contributed by atoms with Crippen molar-refractivity contribution in [2.45, 2.75) is 46.0 Å². The molecule has 0 bridgehead atoms. The summed E-state index contributed by atoms with van der Waals surface area (Å²) in [5.74, 6) is 1.26. The second-order valence-electron chi connectivity index (χ2n) is 5.06. The number of carbonyl (C=O) groups excluding carboxylic acids is 2. The van der Waals surface area contributed by atoms with E-state index in [4.69, 9.17) is 0 Å². The van der Waals surface area contributed by atoms with Gasteiger partial charge in [-0.25, -0.2) is 0 Å². The summed E-state index contributed by atoms with van der Waals surface area (Å²) in [4.78, 5) is 23.8. The fraction of sp³-hybridized carbons (Fsp3) is 0.833. The number of hydrogen-bond acceptors (Lipinski definition) is 2. The van der Waals surface area contributed by atoms with Crippen LogP contribution in [0.5, 0.6) is 0 Å². The van der Waals surface area contributed by atoms with Crippen LogP contribution in [0, 0.1) is 17.3 Å². The maximum Gasteiger partial charge on any atom is 0.146 e. The van der Waals surface area contributed by atoms with Gasteiger partial charge in [-0.3, -0.25) is 9.59 Å². The number of ketones is 2. The molecular weight excluding hydrogens is 176 g/mol. The topological polar surface area (TPSA) is 34.1 Å². The molecule has 2 saturated carbocycles. The van der Waals surface area contributed by atoms with Crippen molar-refractivity contribution in [2.75, 3.05) is 0 Å². The Labute approximate surface area is 85.1 Å². The second kappa shape index (κ2) is 3.18. The summed E-state index contributed by atoms with van der Waals surface area (Å²) >= 11 is 0. The Balaban J connectivity index is 2.39. The van der Waals surface area contributed by atoms with Crippen LogP contribution >= 0.6 is 0 Å².